The molecule has 8 nitrogen and oxygen atoms in total. The van der Waals surface area contributed by atoms with Crippen LogP contribution in [0.1, 0.15) is 17.3 Å². The third-order valence-corrected chi connectivity index (χ3v) is 4.36. The summed E-state index contributed by atoms with van der Waals surface area (Å²) in [6.45, 7) is 1.45. The van der Waals surface area contributed by atoms with Crippen LogP contribution in [0.3, 0.4) is 0 Å². The predicted octanol–water partition coefficient (Wildman–Crippen LogP) is 4.84. The van der Waals surface area contributed by atoms with Gasteiger partial charge in [-0.25, -0.2) is 9.97 Å². The van der Waals surface area contributed by atoms with E-state index in [-0.39, 0.29) is 23.1 Å². The highest BCUT2D eigenvalue weighted by Crippen LogP contribution is 2.34. The second-order valence-corrected chi connectivity index (χ2v) is 6.40. The van der Waals surface area contributed by atoms with E-state index in [9.17, 15) is 14.9 Å². The van der Waals surface area contributed by atoms with E-state index in [0.29, 0.717) is 16.9 Å². The SMILES string of the molecule is CC(=O)c1cccc(Nc2ncnc(Nc3ccccc3Br)c2[N+](=O)[O-])c1. The summed E-state index contributed by atoms with van der Waals surface area (Å²) in [4.78, 5) is 30.6. The molecule has 1 aromatic heterocycles. The zero-order chi connectivity index (χ0) is 19.4. The topological polar surface area (TPSA) is 110 Å². The minimum absolute atomic E-state index is 0.0188. The van der Waals surface area contributed by atoms with Crippen LogP contribution >= 0.6 is 15.9 Å². The Balaban J connectivity index is 1.99. The fourth-order valence-electron chi connectivity index (χ4n) is 2.38. The van der Waals surface area contributed by atoms with Crippen LogP contribution < -0.4 is 10.6 Å². The van der Waals surface area contributed by atoms with Crippen LogP contribution in [0, 0.1) is 10.1 Å². The normalized spacial score (nSPS) is 10.3. The van der Waals surface area contributed by atoms with Crippen molar-refractivity contribution in [2.24, 2.45) is 0 Å². The summed E-state index contributed by atoms with van der Waals surface area (Å²) in [7, 11) is 0. The molecular weight excluding hydrogens is 414 g/mol. The lowest BCUT2D eigenvalue weighted by molar-refractivity contribution is -0.383. The Morgan fingerprint density at radius 1 is 1.07 bits per heavy atom. The van der Waals surface area contributed by atoms with E-state index in [2.05, 4.69) is 36.5 Å². The first kappa shape index (κ1) is 18.5. The highest BCUT2D eigenvalue weighted by molar-refractivity contribution is 9.10. The lowest BCUT2D eigenvalue weighted by Crippen LogP contribution is -2.06. The van der Waals surface area contributed by atoms with E-state index in [1.807, 2.05) is 12.1 Å². The maximum absolute atomic E-state index is 11.7. The van der Waals surface area contributed by atoms with E-state index in [0.717, 1.165) is 4.47 Å². The van der Waals surface area contributed by atoms with Crippen molar-refractivity contribution in [2.45, 2.75) is 6.92 Å². The third-order valence-electron chi connectivity index (χ3n) is 3.66. The zero-order valence-electron chi connectivity index (χ0n) is 14.1. The van der Waals surface area contributed by atoms with Crippen molar-refractivity contribution in [2.75, 3.05) is 10.6 Å². The number of nitrogens with one attached hydrogen (secondary N) is 2. The van der Waals surface area contributed by atoms with Gasteiger partial charge in [0, 0.05) is 15.7 Å². The number of benzene rings is 2. The van der Waals surface area contributed by atoms with Gasteiger partial charge in [-0.1, -0.05) is 24.3 Å². The Morgan fingerprint density at radius 2 is 1.78 bits per heavy atom. The van der Waals surface area contributed by atoms with Gasteiger partial charge in [0.1, 0.15) is 6.33 Å². The average Bonchev–Trinajstić information content (AvgIpc) is 2.64. The number of carbonyl (C=O) groups excluding carboxylic acids is 1. The Labute approximate surface area is 162 Å². The molecule has 136 valence electrons. The molecule has 0 atom stereocenters. The molecule has 0 amide bonds. The van der Waals surface area contributed by atoms with Gasteiger partial charge in [0.2, 0.25) is 11.6 Å². The van der Waals surface area contributed by atoms with Gasteiger partial charge in [-0.05, 0) is 47.1 Å². The molecular formula is C18H14BrN5O3. The molecule has 0 radical (unpaired) electrons. The molecule has 0 unspecified atom stereocenters. The van der Waals surface area contributed by atoms with Crippen molar-refractivity contribution in [3.63, 3.8) is 0 Å². The number of rotatable bonds is 6. The summed E-state index contributed by atoms with van der Waals surface area (Å²) in [5, 5.41) is 17.5. The molecule has 0 aliphatic rings. The van der Waals surface area contributed by atoms with Gasteiger partial charge in [-0.3, -0.25) is 14.9 Å². The quantitative estimate of drug-likeness (QED) is 0.329. The third kappa shape index (κ3) is 4.26. The second kappa shape index (κ2) is 7.92. The van der Waals surface area contributed by atoms with Crippen LogP contribution in [0.25, 0.3) is 0 Å². The monoisotopic (exact) mass is 427 g/mol. The number of nitrogens with zero attached hydrogens (tertiary/aromatic N) is 3. The largest absolute Gasteiger partial charge is 0.353 e. The standard InChI is InChI=1S/C18H14BrN5O3/c1-11(25)12-5-4-6-13(9-12)22-17-16(24(26)27)18(21-10-20-17)23-15-8-3-2-7-14(15)19/h2-10H,1H3,(H2,20,21,22,23). The average molecular weight is 428 g/mol. The Morgan fingerprint density at radius 3 is 2.44 bits per heavy atom. The van der Waals surface area contributed by atoms with Crippen LogP contribution in [-0.4, -0.2) is 20.7 Å². The van der Waals surface area contributed by atoms with E-state index < -0.39 is 4.92 Å². The molecule has 3 rings (SSSR count). The lowest BCUT2D eigenvalue weighted by atomic mass is 10.1. The predicted molar refractivity (Wildman–Crippen MR) is 106 cm³/mol. The number of aromatic nitrogens is 2. The first-order valence-corrected chi connectivity index (χ1v) is 8.64. The van der Waals surface area contributed by atoms with Gasteiger partial charge >= 0.3 is 5.69 Å². The first-order chi connectivity index (χ1) is 13.0. The van der Waals surface area contributed by atoms with Crippen molar-refractivity contribution in [3.8, 4) is 0 Å². The number of Topliss-reactive ketones (excluding diaryl/α,β-unsaturated/α-hetero) is 1. The molecule has 0 bridgehead atoms. The number of ketones is 1. The smallest absolute Gasteiger partial charge is 0.334 e. The maximum Gasteiger partial charge on any atom is 0.353 e. The Bertz CT molecular complexity index is 1030. The summed E-state index contributed by atoms with van der Waals surface area (Å²) in [5.41, 5.74) is 1.32. The van der Waals surface area contributed by atoms with E-state index in [4.69, 9.17) is 0 Å². The number of nitro groups is 1. The van der Waals surface area contributed by atoms with E-state index in [1.165, 1.54) is 13.3 Å². The molecule has 0 aliphatic heterocycles. The minimum atomic E-state index is -0.559. The molecule has 1 heterocycles. The van der Waals surface area contributed by atoms with Gasteiger partial charge in [0.15, 0.2) is 5.78 Å². The second-order valence-electron chi connectivity index (χ2n) is 5.54. The van der Waals surface area contributed by atoms with Crippen LogP contribution in [0.15, 0.2) is 59.3 Å². The summed E-state index contributed by atoms with van der Waals surface area (Å²) < 4.78 is 0.738. The van der Waals surface area contributed by atoms with Gasteiger partial charge in [0.05, 0.1) is 10.6 Å². The minimum Gasteiger partial charge on any atom is -0.334 e. The number of para-hydroxylation sites is 1. The summed E-state index contributed by atoms with van der Waals surface area (Å²) in [6, 6.07) is 13.9. The molecule has 3 aromatic rings. The number of anilines is 4. The van der Waals surface area contributed by atoms with Crippen LogP contribution in [0.2, 0.25) is 0 Å². The molecule has 27 heavy (non-hydrogen) atoms. The van der Waals surface area contributed by atoms with Crippen LogP contribution in [0.5, 0.6) is 0 Å². The summed E-state index contributed by atoms with van der Waals surface area (Å²) >= 11 is 3.39. The molecule has 2 N–H and O–H groups in total. The summed E-state index contributed by atoms with van der Waals surface area (Å²) in [5.74, 6) is -0.0375. The molecule has 9 heteroatoms. The highest BCUT2D eigenvalue weighted by Gasteiger charge is 2.24. The number of carbonyl (C=O) groups is 1. The molecule has 0 fully saturated rings. The van der Waals surface area contributed by atoms with Crippen molar-refractivity contribution >= 4 is 50.4 Å². The van der Waals surface area contributed by atoms with Gasteiger partial charge in [0.25, 0.3) is 0 Å². The Hall–Kier alpha value is -3.33. The van der Waals surface area contributed by atoms with Gasteiger partial charge in [-0.15, -0.1) is 0 Å². The molecule has 0 spiro atoms. The molecule has 0 saturated heterocycles. The molecule has 0 saturated carbocycles. The number of hydrogen-bond acceptors (Lipinski definition) is 7. The van der Waals surface area contributed by atoms with Crippen LogP contribution in [-0.2, 0) is 0 Å². The number of halogens is 1. The fourth-order valence-corrected chi connectivity index (χ4v) is 2.76. The van der Waals surface area contributed by atoms with Crippen LogP contribution in [0.4, 0.5) is 28.7 Å². The molecule has 2 aromatic carbocycles. The highest BCUT2D eigenvalue weighted by atomic mass is 79.9. The van der Waals surface area contributed by atoms with Crippen molar-refractivity contribution in [1.29, 1.82) is 0 Å². The van der Waals surface area contributed by atoms with Crippen molar-refractivity contribution < 1.29 is 9.72 Å². The first-order valence-electron chi connectivity index (χ1n) is 7.84. The zero-order valence-corrected chi connectivity index (χ0v) is 15.7. The van der Waals surface area contributed by atoms with Crippen molar-refractivity contribution in [1.82, 2.24) is 9.97 Å². The summed E-state index contributed by atoms with van der Waals surface area (Å²) in [6.07, 6.45) is 1.23. The van der Waals surface area contributed by atoms with Gasteiger partial charge in [-0.2, -0.15) is 0 Å². The fraction of sp³-hybridized carbons (Fsp3) is 0.0556. The van der Waals surface area contributed by atoms with E-state index in [1.54, 1.807) is 36.4 Å². The molecule has 0 aliphatic carbocycles. The lowest BCUT2D eigenvalue weighted by Gasteiger charge is -2.11. The number of hydrogen-bond donors (Lipinski definition) is 2. The van der Waals surface area contributed by atoms with Crippen molar-refractivity contribution in [3.05, 3.63) is 75.0 Å². The van der Waals surface area contributed by atoms with Gasteiger partial charge < -0.3 is 10.6 Å². The maximum atomic E-state index is 11.7. The Kier molecular flexibility index (Phi) is 5.41. The van der Waals surface area contributed by atoms with E-state index >= 15 is 0 Å².